The number of methoxy groups -OCH3 is 1. The summed E-state index contributed by atoms with van der Waals surface area (Å²) in [6.07, 6.45) is 5.68. The first-order valence-electron chi connectivity index (χ1n) is 14.9. The van der Waals surface area contributed by atoms with Gasteiger partial charge in [0.05, 0.1) is 24.7 Å². The molecule has 228 valence electrons. The fourth-order valence-corrected chi connectivity index (χ4v) is 6.33. The predicted octanol–water partition coefficient (Wildman–Crippen LogP) is 7.28. The van der Waals surface area contributed by atoms with Crippen LogP contribution in [0.15, 0.2) is 67.0 Å². The number of nitrogens with one attached hydrogen (secondary N) is 1. The van der Waals surface area contributed by atoms with Gasteiger partial charge in [0.1, 0.15) is 17.2 Å². The molecule has 1 aliphatic heterocycles. The standard InChI is InChI=1S/C34H38N6O3S/c1-22-19-36-33(44-22)37-32(41)24-10-14-27(15-11-24)43-28-16-17-35-31-29(28)30(25-7-6-18-39(21-25)34(2,3)4)38-40(31)20-23-8-12-26(42-5)13-9-23/h8-17,19,25H,6-7,18,20-21H2,1-5H3,(H,36,37,41). The zero-order valence-corrected chi connectivity index (χ0v) is 26.6. The Morgan fingerprint density at radius 2 is 1.80 bits per heavy atom. The molecule has 1 unspecified atom stereocenters. The molecule has 0 spiro atoms. The van der Waals surface area contributed by atoms with Crippen molar-refractivity contribution in [3.8, 4) is 17.2 Å². The molecule has 6 rings (SSSR count). The van der Waals surface area contributed by atoms with E-state index >= 15 is 0 Å². The number of carbonyl (C=O) groups is 1. The predicted molar refractivity (Wildman–Crippen MR) is 174 cm³/mol. The summed E-state index contributed by atoms with van der Waals surface area (Å²) in [5.74, 6) is 2.19. The van der Waals surface area contributed by atoms with E-state index in [2.05, 4.69) is 48.1 Å². The smallest absolute Gasteiger partial charge is 0.257 e. The third-order valence-corrected chi connectivity index (χ3v) is 8.88. The molecule has 4 heterocycles. The van der Waals surface area contributed by atoms with Gasteiger partial charge < -0.3 is 9.47 Å². The maximum atomic E-state index is 12.8. The Morgan fingerprint density at radius 1 is 1.05 bits per heavy atom. The quantitative estimate of drug-likeness (QED) is 0.197. The molecule has 1 atom stereocenters. The number of aryl methyl sites for hydroxylation is 1. The van der Waals surface area contributed by atoms with Crippen molar-refractivity contribution in [1.82, 2.24) is 24.6 Å². The maximum Gasteiger partial charge on any atom is 0.257 e. The van der Waals surface area contributed by atoms with Crippen molar-refractivity contribution in [2.75, 3.05) is 25.5 Å². The van der Waals surface area contributed by atoms with Crippen LogP contribution in [0.3, 0.4) is 0 Å². The van der Waals surface area contributed by atoms with Gasteiger partial charge in [0.15, 0.2) is 10.8 Å². The van der Waals surface area contributed by atoms with Gasteiger partial charge in [0.2, 0.25) is 0 Å². The highest BCUT2D eigenvalue weighted by molar-refractivity contribution is 7.15. The number of anilines is 1. The Labute approximate surface area is 261 Å². The van der Waals surface area contributed by atoms with Crippen molar-refractivity contribution >= 4 is 33.4 Å². The molecule has 0 bridgehead atoms. The molecule has 1 aliphatic rings. The number of hydrogen-bond donors (Lipinski definition) is 1. The zero-order valence-electron chi connectivity index (χ0n) is 25.8. The largest absolute Gasteiger partial charge is 0.497 e. The molecule has 1 amide bonds. The van der Waals surface area contributed by atoms with Gasteiger partial charge in [-0.2, -0.15) is 5.10 Å². The first-order chi connectivity index (χ1) is 21.2. The van der Waals surface area contributed by atoms with Crippen LogP contribution in [0.25, 0.3) is 11.0 Å². The van der Waals surface area contributed by atoms with Crippen molar-refractivity contribution in [2.45, 2.75) is 58.5 Å². The van der Waals surface area contributed by atoms with Crippen molar-refractivity contribution in [3.63, 3.8) is 0 Å². The van der Waals surface area contributed by atoms with E-state index in [-0.39, 0.29) is 17.4 Å². The van der Waals surface area contributed by atoms with Crippen molar-refractivity contribution in [1.29, 1.82) is 0 Å². The van der Waals surface area contributed by atoms with Crippen molar-refractivity contribution < 1.29 is 14.3 Å². The van der Waals surface area contributed by atoms with Crippen LogP contribution in [-0.2, 0) is 6.54 Å². The van der Waals surface area contributed by atoms with Gasteiger partial charge in [-0.3, -0.25) is 15.0 Å². The number of thiazole rings is 1. The number of carbonyl (C=O) groups excluding carboxylic acids is 1. The Hall–Kier alpha value is -4.28. The third kappa shape index (κ3) is 6.46. The molecule has 0 saturated carbocycles. The highest BCUT2D eigenvalue weighted by Gasteiger charge is 2.32. The number of benzene rings is 2. The van der Waals surface area contributed by atoms with Crippen LogP contribution < -0.4 is 14.8 Å². The van der Waals surface area contributed by atoms with Crippen LogP contribution >= 0.6 is 11.3 Å². The second kappa shape index (κ2) is 12.4. The molecule has 1 N–H and O–H groups in total. The lowest BCUT2D eigenvalue weighted by atomic mass is 9.90. The van der Waals surface area contributed by atoms with Gasteiger partial charge in [0.25, 0.3) is 5.91 Å². The van der Waals surface area contributed by atoms with Crippen molar-refractivity contribution in [3.05, 3.63) is 88.7 Å². The van der Waals surface area contributed by atoms with Crippen LogP contribution in [0, 0.1) is 6.92 Å². The molecule has 0 aliphatic carbocycles. The minimum atomic E-state index is -0.208. The van der Waals surface area contributed by atoms with E-state index in [1.54, 1.807) is 31.6 Å². The van der Waals surface area contributed by atoms with E-state index in [0.29, 0.717) is 28.7 Å². The minimum absolute atomic E-state index is 0.0736. The first-order valence-corrected chi connectivity index (χ1v) is 15.7. The van der Waals surface area contributed by atoms with E-state index in [4.69, 9.17) is 19.6 Å². The summed E-state index contributed by atoms with van der Waals surface area (Å²) in [6, 6.07) is 17.1. The molecule has 0 radical (unpaired) electrons. The van der Waals surface area contributed by atoms with Crippen LogP contribution in [0.1, 0.15) is 66.0 Å². The van der Waals surface area contributed by atoms with E-state index in [1.807, 2.05) is 41.9 Å². The van der Waals surface area contributed by atoms with Gasteiger partial charge >= 0.3 is 0 Å². The van der Waals surface area contributed by atoms with Gasteiger partial charge in [-0.25, -0.2) is 14.6 Å². The molecule has 2 aromatic carbocycles. The molecular formula is C34H38N6O3S. The van der Waals surface area contributed by atoms with Crippen LogP contribution in [0.2, 0.25) is 0 Å². The number of rotatable bonds is 8. The average Bonchev–Trinajstić information content (AvgIpc) is 3.61. The third-order valence-electron chi connectivity index (χ3n) is 8.06. The lowest BCUT2D eigenvalue weighted by Gasteiger charge is -2.41. The van der Waals surface area contributed by atoms with Crippen LogP contribution in [0.5, 0.6) is 17.2 Å². The van der Waals surface area contributed by atoms with Gasteiger partial charge in [0, 0.05) is 40.8 Å². The summed E-state index contributed by atoms with van der Waals surface area (Å²) in [5.41, 5.74) is 3.51. The Kier molecular flexibility index (Phi) is 8.38. The summed E-state index contributed by atoms with van der Waals surface area (Å²) in [7, 11) is 1.67. The average molecular weight is 611 g/mol. The normalized spacial score (nSPS) is 15.8. The number of amides is 1. The molecule has 9 nitrogen and oxygen atoms in total. The number of likely N-dealkylation sites (tertiary alicyclic amines) is 1. The Balaban J connectivity index is 1.32. The fourth-order valence-electron chi connectivity index (χ4n) is 5.68. The van der Waals surface area contributed by atoms with E-state index in [9.17, 15) is 4.79 Å². The number of hydrogen-bond acceptors (Lipinski definition) is 8. The van der Waals surface area contributed by atoms with Crippen LogP contribution in [-0.4, -0.2) is 56.3 Å². The highest BCUT2D eigenvalue weighted by Crippen LogP contribution is 2.39. The summed E-state index contributed by atoms with van der Waals surface area (Å²) in [5, 5.41) is 9.58. The number of nitrogens with zero attached hydrogens (tertiary/aromatic N) is 5. The number of pyridine rings is 1. The molecule has 1 fully saturated rings. The maximum absolute atomic E-state index is 12.8. The molecule has 10 heteroatoms. The zero-order chi connectivity index (χ0) is 30.8. The second-order valence-electron chi connectivity index (χ2n) is 12.2. The lowest BCUT2D eigenvalue weighted by molar-refractivity contribution is 0.0979. The second-order valence-corrected chi connectivity index (χ2v) is 13.4. The number of aromatic nitrogens is 4. The fraction of sp³-hybridized carbons (Fsp3) is 0.353. The number of fused-ring (bicyclic) bond motifs is 1. The molecule has 3 aromatic heterocycles. The van der Waals surface area contributed by atoms with E-state index < -0.39 is 0 Å². The molecule has 1 saturated heterocycles. The summed E-state index contributed by atoms with van der Waals surface area (Å²) in [6.45, 7) is 11.4. The topological polar surface area (TPSA) is 94.4 Å². The monoisotopic (exact) mass is 610 g/mol. The number of piperidine rings is 1. The Bertz CT molecular complexity index is 1750. The molecule has 44 heavy (non-hydrogen) atoms. The van der Waals surface area contributed by atoms with Gasteiger partial charge in [-0.1, -0.05) is 12.1 Å². The van der Waals surface area contributed by atoms with Crippen LogP contribution in [0.4, 0.5) is 5.13 Å². The van der Waals surface area contributed by atoms with E-state index in [1.165, 1.54) is 11.3 Å². The Morgan fingerprint density at radius 3 is 2.48 bits per heavy atom. The highest BCUT2D eigenvalue weighted by atomic mass is 32.1. The summed E-state index contributed by atoms with van der Waals surface area (Å²) >= 11 is 1.44. The SMILES string of the molecule is COc1ccc(Cn2nc(C3CCCN(C(C)(C)C)C3)c3c(Oc4ccc(C(=O)Nc5ncc(C)s5)cc4)ccnc32)cc1. The number of ether oxygens (including phenoxy) is 2. The van der Waals surface area contributed by atoms with Crippen molar-refractivity contribution in [2.24, 2.45) is 0 Å². The minimum Gasteiger partial charge on any atom is -0.497 e. The lowest BCUT2D eigenvalue weighted by Crippen LogP contribution is -2.46. The molecular weight excluding hydrogens is 572 g/mol. The van der Waals surface area contributed by atoms with Gasteiger partial charge in [-0.15, -0.1) is 11.3 Å². The molecule has 5 aromatic rings. The van der Waals surface area contributed by atoms with E-state index in [0.717, 1.165) is 58.8 Å². The summed E-state index contributed by atoms with van der Waals surface area (Å²) < 4.78 is 13.8. The van der Waals surface area contributed by atoms with Gasteiger partial charge in [-0.05, 0) is 95.1 Å². The first kappa shape index (κ1) is 29.8. The summed E-state index contributed by atoms with van der Waals surface area (Å²) in [4.78, 5) is 25.4.